The van der Waals surface area contributed by atoms with Gasteiger partial charge in [-0.2, -0.15) is 0 Å². The van der Waals surface area contributed by atoms with Gasteiger partial charge in [-0.3, -0.25) is 19.3 Å². The highest BCUT2D eigenvalue weighted by atomic mass is 16.2. The first-order chi connectivity index (χ1) is 14.2. The van der Waals surface area contributed by atoms with Gasteiger partial charge >= 0.3 is 0 Å². The van der Waals surface area contributed by atoms with Crippen LogP contribution in [0.2, 0.25) is 0 Å². The Hall–Kier alpha value is -3.41. The number of nitrogens with one attached hydrogen (secondary N) is 2. The van der Waals surface area contributed by atoms with E-state index in [0.29, 0.717) is 30.5 Å². The molecule has 1 aromatic heterocycles. The van der Waals surface area contributed by atoms with Crippen LogP contribution in [-0.4, -0.2) is 40.7 Å². The largest absolute Gasteiger partial charge is 0.358 e. The first-order valence-electron chi connectivity index (χ1n) is 9.93. The maximum atomic E-state index is 12.9. The summed E-state index contributed by atoms with van der Waals surface area (Å²) in [6.07, 6.45) is 3.71. The van der Waals surface area contributed by atoms with E-state index in [9.17, 15) is 14.4 Å². The predicted molar refractivity (Wildman–Crippen MR) is 109 cm³/mol. The second kappa shape index (κ2) is 6.88. The number of aromatic amines is 1. The van der Waals surface area contributed by atoms with Crippen molar-refractivity contribution in [3.05, 3.63) is 70.4 Å². The summed E-state index contributed by atoms with van der Waals surface area (Å²) in [6.45, 7) is 0.597. The number of fused-ring (bicyclic) bond motifs is 4. The van der Waals surface area contributed by atoms with Crippen LogP contribution in [0.4, 0.5) is 0 Å². The first kappa shape index (κ1) is 17.7. The van der Waals surface area contributed by atoms with Gasteiger partial charge in [0.2, 0.25) is 6.41 Å². The number of aryl methyl sites for hydroxylation is 1. The molecule has 0 fully saturated rings. The van der Waals surface area contributed by atoms with Crippen LogP contribution >= 0.6 is 0 Å². The summed E-state index contributed by atoms with van der Waals surface area (Å²) in [5.41, 5.74) is 5.62. The Morgan fingerprint density at radius 3 is 2.59 bits per heavy atom. The predicted octanol–water partition coefficient (Wildman–Crippen LogP) is 2.61. The van der Waals surface area contributed by atoms with Gasteiger partial charge in [0.25, 0.3) is 11.8 Å². The van der Waals surface area contributed by atoms with E-state index in [-0.39, 0.29) is 17.9 Å². The lowest BCUT2D eigenvalue weighted by atomic mass is 9.90. The molecule has 1 aliphatic heterocycles. The van der Waals surface area contributed by atoms with E-state index in [4.69, 9.17) is 0 Å². The van der Waals surface area contributed by atoms with E-state index in [2.05, 4.69) is 28.5 Å². The molecule has 0 saturated carbocycles. The maximum Gasteiger partial charge on any atom is 0.261 e. The number of amides is 3. The molecule has 29 heavy (non-hydrogen) atoms. The zero-order chi connectivity index (χ0) is 20.0. The van der Waals surface area contributed by atoms with Crippen molar-refractivity contribution in [2.45, 2.75) is 31.7 Å². The number of benzene rings is 2. The number of carbonyl (C=O) groups excluding carboxylic acids is 3. The minimum absolute atomic E-state index is 0.130. The lowest BCUT2D eigenvalue weighted by molar-refractivity contribution is -0.109. The lowest BCUT2D eigenvalue weighted by Gasteiger charge is -2.29. The number of imide groups is 1. The van der Waals surface area contributed by atoms with Gasteiger partial charge < -0.3 is 10.3 Å². The standard InChI is InChI=1S/C23H21N3O3/c27-13-24-10-9-14-5-7-20-18(11-14)19-12-15(6-8-21(19)25-20)26-22(28)16-3-1-2-4-17(16)23(26)29/h1-5,7,11,13,15,25H,6,8-10,12H2,(H,24,27). The Bertz CT molecular complexity index is 1110. The molecule has 146 valence electrons. The van der Waals surface area contributed by atoms with Crippen LogP contribution in [0.25, 0.3) is 10.9 Å². The summed E-state index contributed by atoms with van der Waals surface area (Å²) in [7, 11) is 0. The molecule has 2 N–H and O–H groups in total. The van der Waals surface area contributed by atoms with E-state index in [1.807, 2.05) is 0 Å². The van der Waals surface area contributed by atoms with Crippen LogP contribution in [-0.2, 0) is 24.1 Å². The fraction of sp³-hybridized carbons (Fsp3) is 0.261. The Labute approximate surface area is 167 Å². The molecule has 1 unspecified atom stereocenters. The van der Waals surface area contributed by atoms with E-state index >= 15 is 0 Å². The Balaban J connectivity index is 1.45. The molecule has 0 spiro atoms. The minimum atomic E-state index is -0.181. The summed E-state index contributed by atoms with van der Waals surface area (Å²) in [5, 5.41) is 3.84. The van der Waals surface area contributed by atoms with Crippen molar-refractivity contribution in [1.82, 2.24) is 15.2 Å². The third-order valence-corrected chi connectivity index (χ3v) is 6.06. The zero-order valence-electron chi connectivity index (χ0n) is 15.9. The highest BCUT2D eigenvalue weighted by Crippen LogP contribution is 2.34. The van der Waals surface area contributed by atoms with E-state index < -0.39 is 0 Å². The second-order valence-corrected chi connectivity index (χ2v) is 7.71. The molecule has 0 saturated heterocycles. The van der Waals surface area contributed by atoms with Crippen molar-refractivity contribution in [2.75, 3.05) is 6.54 Å². The van der Waals surface area contributed by atoms with Crippen molar-refractivity contribution in [3.8, 4) is 0 Å². The Kier molecular flexibility index (Phi) is 4.19. The summed E-state index contributed by atoms with van der Waals surface area (Å²) in [5.74, 6) is -0.362. The number of H-pyrrole nitrogens is 1. The molecule has 2 heterocycles. The topological polar surface area (TPSA) is 82.3 Å². The van der Waals surface area contributed by atoms with Gasteiger partial charge in [0.15, 0.2) is 0 Å². The van der Waals surface area contributed by atoms with E-state index in [0.717, 1.165) is 35.7 Å². The van der Waals surface area contributed by atoms with Crippen LogP contribution in [0.5, 0.6) is 0 Å². The van der Waals surface area contributed by atoms with Crippen LogP contribution in [0.3, 0.4) is 0 Å². The molecule has 1 atom stereocenters. The van der Waals surface area contributed by atoms with Crippen molar-refractivity contribution in [3.63, 3.8) is 0 Å². The average molecular weight is 387 g/mol. The molecular formula is C23H21N3O3. The average Bonchev–Trinajstić information content (AvgIpc) is 3.23. The minimum Gasteiger partial charge on any atom is -0.358 e. The number of hydrogen-bond acceptors (Lipinski definition) is 3. The molecule has 2 aliphatic rings. The molecule has 6 heteroatoms. The first-order valence-corrected chi connectivity index (χ1v) is 9.93. The summed E-state index contributed by atoms with van der Waals surface area (Å²) < 4.78 is 0. The van der Waals surface area contributed by atoms with Crippen molar-refractivity contribution in [1.29, 1.82) is 0 Å². The zero-order valence-corrected chi connectivity index (χ0v) is 15.9. The third-order valence-electron chi connectivity index (χ3n) is 6.06. The SMILES string of the molecule is O=CNCCc1ccc2[nH]c3c(c2c1)CC(N1C(=O)c2ccccc2C1=O)CC3. The molecule has 6 nitrogen and oxygen atoms in total. The van der Waals surface area contributed by atoms with Gasteiger partial charge in [-0.1, -0.05) is 18.2 Å². The van der Waals surface area contributed by atoms with Gasteiger partial charge in [0, 0.05) is 29.2 Å². The van der Waals surface area contributed by atoms with Crippen LogP contribution in [0, 0.1) is 0 Å². The summed E-state index contributed by atoms with van der Waals surface area (Å²) in [6, 6.07) is 13.2. The Morgan fingerprint density at radius 2 is 1.86 bits per heavy atom. The van der Waals surface area contributed by atoms with Gasteiger partial charge in [0.05, 0.1) is 11.1 Å². The van der Waals surface area contributed by atoms with Gasteiger partial charge in [-0.25, -0.2) is 0 Å². The smallest absolute Gasteiger partial charge is 0.261 e. The molecular weight excluding hydrogens is 366 g/mol. The van der Waals surface area contributed by atoms with Crippen LogP contribution in [0.1, 0.15) is 44.0 Å². The lowest BCUT2D eigenvalue weighted by Crippen LogP contribution is -2.43. The van der Waals surface area contributed by atoms with E-state index in [1.54, 1.807) is 24.3 Å². The van der Waals surface area contributed by atoms with Gasteiger partial charge in [0.1, 0.15) is 0 Å². The molecule has 0 bridgehead atoms. The molecule has 1 aliphatic carbocycles. The molecule has 0 radical (unpaired) electrons. The van der Waals surface area contributed by atoms with E-state index in [1.165, 1.54) is 16.2 Å². The van der Waals surface area contributed by atoms with Gasteiger partial charge in [-0.05, 0) is 61.1 Å². The quantitative estimate of drug-likeness (QED) is 0.401. The molecule has 2 aromatic carbocycles. The fourth-order valence-electron chi connectivity index (χ4n) is 4.64. The normalized spacial score (nSPS) is 18.1. The molecule has 3 amide bonds. The second-order valence-electron chi connectivity index (χ2n) is 7.71. The number of carbonyl (C=O) groups is 3. The number of aromatic nitrogens is 1. The van der Waals surface area contributed by atoms with Crippen molar-refractivity contribution >= 4 is 29.1 Å². The molecule has 3 aromatic rings. The highest BCUT2D eigenvalue weighted by Gasteiger charge is 2.41. The number of nitrogens with zero attached hydrogens (tertiary/aromatic N) is 1. The fourth-order valence-corrected chi connectivity index (χ4v) is 4.64. The molecule has 5 rings (SSSR count). The summed E-state index contributed by atoms with van der Waals surface area (Å²) >= 11 is 0. The highest BCUT2D eigenvalue weighted by molar-refractivity contribution is 6.21. The Morgan fingerprint density at radius 1 is 1.10 bits per heavy atom. The number of rotatable bonds is 5. The van der Waals surface area contributed by atoms with Crippen molar-refractivity contribution in [2.24, 2.45) is 0 Å². The van der Waals surface area contributed by atoms with Gasteiger partial charge in [-0.15, -0.1) is 0 Å². The summed E-state index contributed by atoms with van der Waals surface area (Å²) in [4.78, 5) is 41.2. The monoisotopic (exact) mass is 387 g/mol. The maximum absolute atomic E-state index is 12.9. The third kappa shape index (κ3) is 2.83. The van der Waals surface area contributed by atoms with Crippen LogP contribution in [0.15, 0.2) is 42.5 Å². The van der Waals surface area contributed by atoms with Crippen LogP contribution < -0.4 is 5.32 Å². The van der Waals surface area contributed by atoms with Crippen molar-refractivity contribution < 1.29 is 14.4 Å². The number of hydrogen-bond donors (Lipinski definition) is 2.